The molecule has 0 unspecified atom stereocenters. The largest absolute Gasteiger partial charge is 0.458 e. The van der Waals surface area contributed by atoms with Crippen LogP contribution in [0.25, 0.3) is 0 Å². The predicted octanol–water partition coefficient (Wildman–Crippen LogP) is 1.35. The number of nitrogens with zero attached hydrogens (tertiary/aromatic N) is 1. The zero-order valence-electron chi connectivity index (χ0n) is 11.4. The molecule has 0 fully saturated rings. The van der Waals surface area contributed by atoms with Crippen molar-refractivity contribution >= 4 is 0 Å². The number of nitrogens with two attached hydrogens (primary N) is 1. The second kappa shape index (κ2) is 5.39. The van der Waals surface area contributed by atoms with Crippen molar-refractivity contribution in [3.05, 3.63) is 75.2 Å². The van der Waals surface area contributed by atoms with E-state index in [1.165, 1.54) is 0 Å². The standard InChI is InChI=1S/C16H12N2O4/c17-7-11-13(9-4-2-1-3-5-9)15-14(22-16(11)18)12(20)6-10(8-19)21-15/h1-6,13,19H,8,18H2/t13-/m0/s1. The van der Waals surface area contributed by atoms with Crippen LogP contribution in [0.4, 0.5) is 0 Å². The third kappa shape index (κ3) is 2.14. The van der Waals surface area contributed by atoms with E-state index in [0.29, 0.717) is 0 Å². The number of hydrogen-bond acceptors (Lipinski definition) is 6. The first-order chi connectivity index (χ1) is 10.7. The molecule has 0 spiro atoms. The van der Waals surface area contributed by atoms with Gasteiger partial charge in [0.25, 0.3) is 0 Å². The van der Waals surface area contributed by atoms with Gasteiger partial charge in [-0.15, -0.1) is 0 Å². The molecule has 1 aromatic heterocycles. The van der Waals surface area contributed by atoms with Crippen LogP contribution in [0.1, 0.15) is 23.0 Å². The third-order valence-corrected chi connectivity index (χ3v) is 3.42. The summed E-state index contributed by atoms with van der Waals surface area (Å²) in [6, 6.07) is 12.2. The van der Waals surface area contributed by atoms with E-state index in [1.54, 1.807) is 12.1 Å². The molecule has 3 rings (SSSR count). The Balaban J connectivity index is 2.30. The molecular weight excluding hydrogens is 284 g/mol. The lowest BCUT2D eigenvalue weighted by molar-refractivity contribution is 0.231. The Kier molecular flexibility index (Phi) is 3.41. The van der Waals surface area contributed by atoms with Crippen molar-refractivity contribution in [2.24, 2.45) is 5.73 Å². The maximum Gasteiger partial charge on any atom is 0.228 e. The Morgan fingerprint density at radius 1 is 1.32 bits per heavy atom. The Hall–Kier alpha value is -3.04. The summed E-state index contributed by atoms with van der Waals surface area (Å²) in [5, 5.41) is 18.6. The van der Waals surface area contributed by atoms with Gasteiger partial charge in [-0.3, -0.25) is 4.79 Å². The van der Waals surface area contributed by atoms with Gasteiger partial charge in [0.2, 0.25) is 17.1 Å². The van der Waals surface area contributed by atoms with Crippen LogP contribution in [0.2, 0.25) is 0 Å². The molecule has 1 aliphatic heterocycles. The summed E-state index contributed by atoms with van der Waals surface area (Å²) >= 11 is 0. The zero-order chi connectivity index (χ0) is 15.7. The molecule has 6 nitrogen and oxygen atoms in total. The summed E-state index contributed by atoms with van der Waals surface area (Å²) in [5.41, 5.74) is 6.23. The lowest BCUT2D eigenvalue weighted by Crippen LogP contribution is -2.25. The average Bonchev–Trinajstić information content (AvgIpc) is 2.55. The quantitative estimate of drug-likeness (QED) is 0.865. The van der Waals surface area contributed by atoms with Gasteiger partial charge in [-0.1, -0.05) is 30.3 Å². The molecule has 6 heteroatoms. The molecule has 0 radical (unpaired) electrons. The number of aliphatic hydroxyl groups is 1. The van der Waals surface area contributed by atoms with Gasteiger partial charge in [-0.05, 0) is 5.56 Å². The SMILES string of the molecule is N#CC1=C(N)Oc2c(oc(CO)cc2=O)[C@H]1c1ccccc1. The predicted molar refractivity (Wildman–Crippen MR) is 76.6 cm³/mol. The first kappa shape index (κ1) is 13.9. The van der Waals surface area contributed by atoms with Crippen LogP contribution in [0, 0.1) is 11.3 Å². The Morgan fingerprint density at radius 3 is 2.68 bits per heavy atom. The van der Waals surface area contributed by atoms with Crippen molar-refractivity contribution in [3.8, 4) is 11.8 Å². The fraction of sp³-hybridized carbons (Fsp3) is 0.125. The topological polar surface area (TPSA) is 109 Å². The van der Waals surface area contributed by atoms with Gasteiger partial charge in [-0.2, -0.15) is 5.26 Å². The number of rotatable bonds is 2. The van der Waals surface area contributed by atoms with E-state index < -0.39 is 18.0 Å². The maximum atomic E-state index is 12.1. The summed E-state index contributed by atoms with van der Waals surface area (Å²) in [6.45, 7) is -0.425. The van der Waals surface area contributed by atoms with Crippen molar-refractivity contribution < 1.29 is 14.3 Å². The molecule has 0 saturated carbocycles. The minimum atomic E-state index is -0.644. The monoisotopic (exact) mass is 296 g/mol. The molecule has 1 atom stereocenters. The van der Waals surface area contributed by atoms with Crippen LogP contribution >= 0.6 is 0 Å². The number of hydrogen-bond donors (Lipinski definition) is 2. The summed E-state index contributed by atoms with van der Waals surface area (Å²) in [4.78, 5) is 12.1. The van der Waals surface area contributed by atoms with E-state index in [-0.39, 0.29) is 28.7 Å². The van der Waals surface area contributed by atoms with E-state index in [0.717, 1.165) is 11.6 Å². The number of ether oxygens (including phenoxy) is 1. The lowest BCUT2D eigenvalue weighted by atomic mass is 9.87. The highest BCUT2D eigenvalue weighted by Crippen LogP contribution is 2.40. The molecule has 3 N–H and O–H groups in total. The fourth-order valence-electron chi connectivity index (χ4n) is 2.44. The van der Waals surface area contributed by atoms with Crippen LogP contribution in [-0.4, -0.2) is 5.11 Å². The van der Waals surface area contributed by atoms with Crippen molar-refractivity contribution in [2.75, 3.05) is 0 Å². The second-order valence-electron chi connectivity index (χ2n) is 4.76. The molecule has 0 saturated heterocycles. The summed E-state index contributed by atoms with van der Waals surface area (Å²) in [6.07, 6.45) is 0. The van der Waals surface area contributed by atoms with Gasteiger partial charge in [-0.25, -0.2) is 0 Å². The molecule has 110 valence electrons. The minimum Gasteiger partial charge on any atom is -0.458 e. The molecule has 22 heavy (non-hydrogen) atoms. The minimum absolute atomic E-state index is 0.0532. The molecule has 1 aromatic carbocycles. The fourth-order valence-corrected chi connectivity index (χ4v) is 2.44. The van der Waals surface area contributed by atoms with Gasteiger partial charge in [0, 0.05) is 6.07 Å². The van der Waals surface area contributed by atoms with Crippen molar-refractivity contribution in [3.63, 3.8) is 0 Å². The number of fused-ring (bicyclic) bond motifs is 1. The molecule has 2 heterocycles. The Labute approximate surface area is 125 Å². The second-order valence-corrected chi connectivity index (χ2v) is 4.76. The molecular formula is C16H12N2O4. The van der Waals surface area contributed by atoms with E-state index in [4.69, 9.17) is 14.9 Å². The summed E-state index contributed by atoms with van der Waals surface area (Å²) in [5.74, 6) is -0.538. The van der Waals surface area contributed by atoms with Crippen LogP contribution in [0.5, 0.6) is 5.75 Å². The zero-order valence-corrected chi connectivity index (χ0v) is 11.4. The molecule has 0 bridgehead atoms. The smallest absolute Gasteiger partial charge is 0.228 e. The number of benzene rings is 1. The average molecular weight is 296 g/mol. The normalized spacial score (nSPS) is 16.6. The van der Waals surface area contributed by atoms with Crippen LogP contribution in [0.3, 0.4) is 0 Å². The van der Waals surface area contributed by atoms with Crippen molar-refractivity contribution in [1.82, 2.24) is 0 Å². The van der Waals surface area contributed by atoms with Crippen LogP contribution in [0.15, 0.2) is 57.1 Å². The Morgan fingerprint density at radius 2 is 2.05 bits per heavy atom. The lowest BCUT2D eigenvalue weighted by Gasteiger charge is -2.24. The molecule has 0 amide bonds. The number of aliphatic hydroxyl groups excluding tert-OH is 1. The van der Waals surface area contributed by atoms with Gasteiger partial charge >= 0.3 is 0 Å². The number of allylic oxidation sites excluding steroid dienone is 1. The first-order valence-corrected chi connectivity index (χ1v) is 6.56. The summed E-state index contributed by atoms with van der Waals surface area (Å²) in [7, 11) is 0. The van der Waals surface area contributed by atoms with E-state index >= 15 is 0 Å². The van der Waals surface area contributed by atoms with Crippen molar-refractivity contribution in [2.45, 2.75) is 12.5 Å². The maximum absolute atomic E-state index is 12.1. The van der Waals surface area contributed by atoms with Gasteiger partial charge in [0.1, 0.15) is 24.0 Å². The number of nitriles is 1. The van der Waals surface area contributed by atoms with E-state index in [2.05, 4.69) is 0 Å². The molecule has 2 aromatic rings. The highest BCUT2D eigenvalue weighted by atomic mass is 16.5. The van der Waals surface area contributed by atoms with Gasteiger partial charge < -0.3 is 20.0 Å². The van der Waals surface area contributed by atoms with E-state index in [1.807, 2.05) is 24.3 Å². The molecule has 1 aliphatic rings. The van der Waals surface area contributed by atoms with Crippen molar-refractivity contribution in [1.29, 1.82) is 5.26 Å². The van der Waals surface area contributed by atoms with Gasteiger partial charge in [0.05, 0.1) is 5.92 Å². The summed E-state index contributed by atoms with van der Waals surface area (Å²) < 4.78 is 10.8. The van der Waals surface area contributed by atoms with Gasteiger partial charge in [0.15, 0.2) is 5.76 Å². The van der Waals surface area contributed by atoms with Crippen LogP contribution < -0.4 is 15.9 Å². The first-order valence-electron chi connectivity index (χ1n) is 6.56. The van der Waals surface area contributed by atoms with E-state index in [9.17, 15) is 15.2 Å². The highest BCUT2D eigenvalue weighted by molar-refractivity contribution is 5.51. The molecule has 0 aliphatic carbocycles. The highest BCUT2D eigenvalue weighted by Gasteiger charge is 2.34. The Bertz CT molecular complexity index is 847. The van der Waals surface area contributed by atoms with Crippen LogP contribution in [-0.2, 0) is 6.61 Å². The third-order valence-electron chi connectivity index (χ3n) is 3.42.